The van der Waals surface area contributed by atoms with Crippen molar-refractivity contribution in [3.05, 3.63) is 15.6 Å². The van der Waals surface area contributed by atoms with Crippen LogP contribution in [0.15, 0.2) is 0 Å². The van der Waals surface area contributed by atoms with E-state index in [-0.39, 0.29) is 5.97 Å². The average Bonchev–Trinajstić information content (AvgIpc) is 2.63. The number of ether oxygens (including phenoxy) is 1. The number of carbonyl (C=O) groups excluding carboxylic acids is 1. The maximum atomic E-state index is 11.2. The van der Waals surface area contributed by atoms with Crippen molar-refractivity contribution in [2.75, 3.05) is 6.61 Å². The van der Waals surface area contributed by atoms with Gasteiger partial charge in [-0.3, -0.25) is 4.79 Å². The van der Waals surface area contributed by atoms with Crippen LogP contribution in [-0.2, 0) is 28.8 Å². The number of nitrogens with zero attached hydrogens (tertiary/aromatic N) is 1. The molecule has 0 fully saturated rings. The second kappa shape index (κ2) is 4.09. The summed E-state index contributed by atoms with van der Waals surface area (Å²) in [4.78, 5) is 17.0. The molecule has 1 aliphatic carbocycles. The van der Waals surface area contributed by atoms with Gasteiger partial charge in [-0.1, -0.05) is 0 Å². The Morgan fingerprint density at radius 1 is 1.57 bits per heavy atom. The second-order valence-corrected chi connectivity index (χ2v) is 4.48. The number of hydrogen-bond acceptors (Lipinski definition) is 4. The summed E-state index contributed by atoms with van der Waals surface area (Å²) < 4.78 is 4.87. The summed E-state index contributed by atoms with van der Waals surface area (Å²) in [7, 11) is 0. The van der Waals surface area contributed by atoms with Gasteiger partial charge < -0.3 is 4.74 Å². The molecule has 0 saturated carbocycles. The van der Waals surface area contributed by atoms with Gasteiger partial charge in [0.1, 0.15) is 5.01 Å². The standard InChI is InChI=1S/C10H13NO2S/c1-2-13-10(12)6-9-11-7-4-3-5-8(7)14-9/h2-6H2,1H3. The molecule has 1 aromatic rings. The SMILES string of the molecule is CCOC(=O)Cc1nc2c(s1)CCC2. The first-order valence-corrected chi connectivity index (χ1v) is 5.74. The molecule has 0 atom stereocenters. The molecule has 4 heteroatoms. The van der Waals surface area contributed by atoms with Crippen LogP contribution in [0.4, 0.5) is 0 Å². The van der Waals surface area contributed by atoms with Crippen LogP contribution in [-0.4, -0.2) is 17.6 Å². The van der Waals surface area contributed by atoms with Crippen LogP contribution >= 0.6 is 11.3 Å². The molecule has 1 aromatic heterocycles. The molecular formula is C10H13NO2S. The number of thiazole rings is 1. The minimum Gasteiger partial charge on any atom is -0.466 e. The third-order valence-corrected chi connectivity index (χ3v) is 3.40. The summed E-state index contributed by atoms with van der Waals surface area (Å²) in [5, 5.41) is 0.910. The maximum Gasteiger partial charge on any atom is 0.312 e. The molecule has 1 aliphatic rings. The van der Waals surface area contributed by atoms with Gasteiger partial charge in [0.05, 0.1) is 18.7 Å². The molecule has 0 unspecified atom stereocenters. The van der Waals surface area contributed by atoms with E-state index in [0.29, 0.717) is 13.0 Å². The highest BCUT2D eigenvalue weighted by atomic mass is 32.1. The largest absolute Gasteiger partial charge is 0.466 e. The molecule has 0 bridgehead atoms. The van der Waals surface area contributed by atoms with E-state index in [1.807, 2.05) is 6.92 Å². The van der Waals surface area contributed by atoms with Gasteiger partial charge in [-0.2, -0.15) is 0 Å². The first kappa shape index (κ1) is 9.65. The summed E-state index contributed by atoms with van der Waals surface area (Å²) >= 11 is 1.66. The Morgan fingerprint density at radius 3 is 3.14 bits per heavy atom. The fraction of sp³-hybridized carbons (Fsp3) is 0.600. The van der Waals surface area contributed by atoms with E-state index in [2.05, 4.69) is 4.98 Å². The summed E-state index contributed by atoms with van der Waals surface area (Å²) in [6.07, 6.45) is 3.77. The number of aryl methyl sites for hydroxylation is 2. The van der Waals surface area contributed by atoms with Crippen LogP contribution in [0.5, 0.6) is 0 Å². The second-order valence-electron chi connectivity index (χ2n) is 3.31. The molecule has 0 saturated heterocycles. The van der Waals surface area contributed by atoms with Gasteiger partial charge in [0.25, 0.3) is 0 Å². The summed E-state index contributed by atoms with van der Waals surface area (Å²) in [5.74, 6) is -0.167. The normalized spacial score (nSPS) is 14.1. The molecule has 0 spiro atoms. The molecule has 1 heterocycles. The number of hydrogen-bond donors (Lipinski definition) is 0. The Morgan fingerprint density at radius 2 is 2.43 bits per heavy atom. The Balaban J connectivity index is 2.00. The van der Waals surface area contributed by atoms with Crippen molar-refractivity contribution in [1.82, 2.24) is 4.98 Å². The molecule has 14 heavy (non-hydrogen) atoms. The van der Waals surface area contributed by atoms with Crippen LogP contribution < -0.4 is 0 Å². The quantitative estimate of drug-likeness (QED) is 0.715. The van der Waals surface area contributed by atoms with E-state index in [4.69, 9.17) is 4.74 Å². The van der Waals surface area contributed by atoms with E-state index >= 15 is 0 Å². The predicted molar refractivity (Wildman–Crippen MR) is 54.5 cm³/mol. The van der Waals surface area contributed by atoms with Crippen molar-refractivity contribution in [2.24, 2.45) is 0 Å². The first-order chi connectivity index (χ1) is 6.79. The fourth-order valence-electron chi connectivity index (χ4n) is 1.65. The summed E-state index contributed by atoms with van der Waals surface area (Å²) in [5.41, 5.74) is 1.20. The van der Waals surface area contributed by atoms with Crippen molar-refractivity contribution in [3.8, 4) is 0 Å². The van der Waals surface area contributed by atoms with E-state index in [1.165, 1.54) is 17.0 Å². The molecule has 0 aliphatic heterocycles. The van der Waals surface area contributed by atoms with Crippen molar-refractivity contribution in [2.45, 2.75) is 32.6 Å². The lowest BCUT2D eigenvalue weighted by molar-refractivity contribution is -0.142. The summed E-state index contributed by atoms with van der Waals surface area (Å²) in [6.45, 7) is 2.27. The minimum atomic E-state index is -0.167. The molecule has 0 aromatic carbocycles. The molecule has 0 radical (unpaired) electrons. The van der Waals surface area contributed by atoms with E-state index < -0.39 is 0 Å². The van der Waals surface area contributed by atoms with Crippen LogP contribution in [0.3, 0.4) is 0 Å². The van der Waals surface area contributed by atoms with Crippen molar-refractivity contribution >= 4 is 17.3 Å². The number of aromatic nitrogens is 1. The zero-order chi connectivity index (χ0) is 9.97. The molecule has 3 nitrogen and oxygen atoms in total. The maximum absolute atomic E-state index is 11.2. The Bertz CT molecular complexity index is 324. The first-order valence-electron chi connectivity index (χ1n) is 4.92. The van der Waals surface area contributed by atoms with Crippen LogP contribution in [0.25, 0.3) is 0 Å². The highest BCUT2D eigenvalue weighted by Crippen LogP contribution is 2.27. The van der Waals surface area contributed by atoms with Gasteiger partial charge >= 0.3 is 5.97 Å². The number of fused-ring (bicyclic) bond motifs is 1. The lowest BCUT2D eigenvalue weighted by Gasteiger charge is -1.97. The van der Waals surface area contributed by atoms with Crippen molar-refractivity contribution in [1.29, 1.82) is 0 Å². The third kappa shape index (κ3) is 1.95. The third-order valence-electron chi connectivity index (χ3n) is 2.24. The Hall–Kier alpha value is -0.900. The fourth-order valence-corrected chi connectivity index (χ4v) is 2.80. The molecule has 0 N–H and O–H groups in total. The monoisotopic (exact) mass is 211 g/mol. The lowest BCUT2D eigenvalue weighted by Crippen LogP contribution is -2.07. The van der Waals surface area contributed by atoms with E-state index in [1.54, 1.807) is 11.3 Å². The highest BCUT2D eigenvalue weighted by molar-refractivity contribution is 7.11. The number of rotatable bonds is 3. The molecule has 76 valence electrons. The predicted octanol–water partition coefficient (Wildman–Crippen LogP) is 1.74. The molecule has 0 amide bonds. The Labute approximate surface area is 87.1 Å². The Kier molecular flexibility index (Phi) is 2.82. The number of carbonyl (C=O) groups is 1. The van der Waals surface area contributed by atoms with Crippen LogP contribution in [0.2, 0.25) is 0 Å². The lowest BCUT2D eigenvalue weighted by atomic mass is 10.3. The van der Waals surface area contributed by atoms with E-state index in [0.717, 1.165) is 17.8 Å². The highest BCUT2D eigenvalue weighted by Gasteiger charge is 2.18. The number of esters is 1. The van der Waals surface area contributed by atoms with Crippen LogP contribution in [0.1, 0.15) is 28.9 Å². The zero-order valence-electron chi connectivity index (χ0n) is 8.21. The van der Waals surface area contributed by atoms with Gasteiger partial charge in [0.15, 0.2) is 0 Å². The van der Waals surface area contributed by atoms with Gasteiger partial charge in [-0.05, 0) is 26.2 Å². The van der Waals surface area contributed by atoms with Crippen LogP contribution in [0, 0.1) is 0 Å². The van der Waals surface area contributed by atoms with Gasteiger partial charge in [0, 0.05) is 4.88 Å². The summed E-state index contributed by atoms with van der Waals surface area (Å²) in [6, 6.07) is 0. The van der Waals surface area contributed by atoms with Crippen molar-refractivity contribution < 1.29 is 9.53 Å². The molecule has 2 rings (SSSR count). The zero-order valence-corrected chi connectivity index (χ0v) is 9.02. The minimum absolute atomic E-state index is 0.167. The molecular weight excluding hydrogens is 198 g/mol. The van der Waals surface area contributed by atoms with Gasteiger partial charge in [0.2, 0.25) is 0 Å². The topological polar surface area (TPSA) is 39.2 Å². The van der Waals surface area contributed by atoms with Gasteiger partial charge in [-0.15, -0.1) is 11.3 Å². The van der Waals surface area contributed by atoms with Gasteiger partial charge in [-0.25, -0.2) is 4.98 Å². The van der Waals surface area contributed by atoms with E-state index in [9.17, 15) is 4.79 Å². The van der Waals surface area contributed by atoms with Crippen molar-refractivity contribution in [3.63, 3.8) is 0 Å². The average molecular weight is 211 g/mol. The smallest absolute Gasteiger partial charge is 0.312 e.